The van der Waals surface area contributed by atoms with Crippen LogP contribution < -0.4 is 5.32 Å². The summed E-state index contributed by atoms with van der Waals surface area (Å²) in [5.41, 5.74) is 0. The van der Waals surface area contributed by atoms with Gasteiger partial charge in [0.25, 0.3) is 0 Å². The average molecular weight is 213 g/mol. The Kier molecular flexibility index (Phi) is 5.71. The van der Waals surface area contributed by atoms with Crippen LogP contribution in [-0.4, -0.2) is 28.1 Å². The summed E-state index contributed by atoms with van der Waals surface area (Å²) < 4.78 is 2.22. The van der Waals surface area contributed by atoms with Gasteiger partial charge in [-0.3, -0.25) is 0 Å². The lowest BCUT2D eigenvalue weighted by molar-refractivity contribution is 0.610. The van der Waals surface area contributed by atoms with Crippen LogP contribution in [0.15, 0.2) is 12.4 Å². The second-order valence-corrected chi connectivity index (χ2v) is 4.19. The first-order chi connectivity index (χ1) is 6.88. The molecule has 0 radical (unpaired) electrons. The molecule has 80 valence electrons. The minimum absolute atomic E-state index is 0.884. The standard InChI is InChI=1S/C10H19N3S/c1-3-4-11-9-10-12-5-6-13(10)7-8-14-2/h5-6,11H,3-4,7-9H2,1-2H3. The Balaban J connectivity index is 2.37. The molecule has 1 rings (SSSR count). The van der Waals surface area contributed by atoms with Crippen LogP contribution in [0, 0.1) is 0 Å². The first kappa shape index (κ1) is 11.6. The van der Waals surface area contributed by atoms with Gasteiger partial charge in [0.2, 0.25) is 0 Å². The smallest absolute Gasteiger partial charge is 0.122 e. The van der Waals surface area contributed by atoms with Crippen molar-refractivity contribution >= 4 is 11.8 Å². The number of nitrogens with zero attached hydrogens (tertiary/aromatic N) is 2. The van der Waals surface area contributed by atoms with Gasteiger partial charge in [0.1, 0.15) is 5.82 Å². The zero-order chi connectivity index (χ0) is 10.2. The summed E-state index contributed by atoms with van der Waals surface area (Å²) in [6.45, 7) is 5.18. The SMILES string of the molecule is CCCNCc1nccn1CCSC. The summed E-state index contributed by atoms with van der Waals surface area (Å²) in [6.07, 6.45) is 7.24. The molecule has 3 nitrogen and oxygen atoms in total. The molecule has 0 fully saturated rings. The minimum Gasteiger partial charge on any atom is -0.333 e. The maximum absolute atomic E-state index is 4.33. The molecule has 0 saturated heterocycles. The first-order valence-electron chi connectivity index (χ1n) is 5.08. The molecule has 4 heteroatoms. The lowest BCUT2D eigenvalue weighted by Gasteiger charge is -2.07. The lowest BCUT2D eigenvalue weighted by Crippen LogP contribution is -2.18. The molecule has 0 aliphatic carbocycles. The maximum Gasteiger partial charge on any atom is 0.122 e. The Morgan fingerprint density at radius 3 is 3.14 bits per heavy atom. The van der Waals surface area contributed by atoms with Gasteiger partial charge in [0.05, 0.1) is 6.54 Å². The predicted octanol–water partition coefficient (Wildman–Crippen LogP) is 1.75. The molecule has 0 aliphatic heterocycles. The highest BCUT2D eigenvalue weighted by atomic mass is 32.2. The Morgan fingerprint density at radius 2 is 2.43 bits per heavy atom. The number of rotatable bonds is 7. The third kappa shape index (κ3) is 3.72. The summed E-state index contributed by atoms with van der Waals surface area (Å²) in [7, 11) is 0. The lowest BCUT2D eigenvalue weighted by atomic mass is 10.4. The van der Waals surface area contributed by atoms with Crippen LogP contribution in [0.2, 0.25) is 0 Å². The van der Waals surface area contributed by atoms with E-state index < -0.39 is 0 Å². The van der Waals surface area contributed by atoms with E-state index in [0.29, 0.717) is 0 Å². The zero-order valence-electron chi connectivity index (χ0n) is 8.99. The highest BCUT2D eigenvalue weighted by Crippen LogP contribution is 2.00. The fourth-order valence-electron chi connectivity index (χ4n) is 1.28. The van der Waals surface area contributed by atoms with Gasteiger partial charge < -0.3 is 9.88 Å². The molecule has 1 aromatic heterocycles. The van der Waals surface area contributed by atoms with Gasteiger partial charge in [0, 0.05) is 24.7 Å². The molecule has 0 unspecified atom stereocenters. The number of aryl methyl sites for hydroxylation is 1. The maximum atomic E-state index is 4.33. The Hall–Kier alpha value is -0.480. The fraction of sp³-hybridized carbons (Fsp3) is 0.700. The number of aromatic nitrogens is 2. The van der Waals surface area contributed by atoms with Crippen molar-refractivity contribution in [3.8, 4) is 0 Å². The summed E-state index contributed by atoms with van der Waals surface area (Å²) in [5, 5.41) is 3.36. The van der Waals surface area contributed by atoms with Crippen molar-refractivity contribution in [2.24, 2.45) is 0 Å². The molecular weight excluding hydrogens is 194 g/mol. The molecule has 14 heavy (non-hydrogen) atoms. The van der Waals surface area contributed by atoms with E-state index in [-0.39, 0.29) is 0 Å². The molecule has 0 spiro atoms. The normalized spacial score (nSPS) is 10.7. The molecule has 0 saturated carbocycles. The van der Waals surface area contributed by atoms with E-state index in [1.54, 1.807) is 0 Å². The van der Waals surface area contributed by atoms with Crippen LogP contribution in [-0.2, 0) is 13.1 Å². The topological polar surface area (TPSA) is 29.9 Å². The van der Waals surface area contributed by atoms with Crippen molar-refractivity contribution in [1.29, 1.82) is 0 Å². The third-order valence-corrected chi connectivity index (χ3v) is 2.64. The van der Waals surface area contributed by atoms with Crippen molar-refractivity contribution in [3.05, 3.63) is 18.2 Å². The average Bonchev–Trinajstić information content (AvgIpc) is 2.63. The summed E-state index contributed by atoms with van der Waals surface area (Å²) in [6, 6.07) is 0. The molecule has 1 N–H and O–H groups in total. The zero-order valence-corrected chi connectivity index (χ0v) is 9.81. The van der Waals surface area contributed by atoms with E-state index in [9.17, 15) is 0 Å². The molecule has 0 amide bonds. The Morgan fingerprint density at radius 1 is 1.57 bits per heavy atom. The summed E-state index contributed by atoms with van der Waals surface area (Å²) in [4.78, 5) is 4.33. The van der Waals surface area contributed by atoms with Crippen molar-refractivity contribution in [2.45, 2.75) is 26.4 Å². The Labute approximate surface area is 90.3 Å². The van der Waals surface area contributed by atoms with Crippen LogP contribution in [0.4, 0.5) is 0 Å². The highest BCUT2D eigenvalue weighted by Gasteiger charge is 2.00. The van der Waals surface area contributed by atoms with Crippen LogP contribution in [0.3, 0.4) is 0 Å². The molecule has 0 bridgehead atoms. The number of nitrogens with one attached hydrogen (secondary N) is 1. The fourth-order valence-corrected chi connectivity index (χ4v) is 1.66. The van der Waals surface area contributed by atoms with Crippen molar-refractivity contribution in [2.75, 3.05) is 18.6 Å². The van der Waals surface area contributed by atoms with E-state index in [0.717, 1.165) is 31.2 Å². The van der Waals surface area contributed by atoms with Gasteiger partial charge in [0.15, 0.2) is 0 Å². The summed E-state index contributed by atoms with van der Waals surface area (Å²) in [5.74, 6) is 2.30. The van der Waals surface area contributed by atoms with Gasteiger partial charge >= 0.3 is 0 Å². The summed E-state index contributed by atoms with van der Waals surface area (Å²) >= 11 is 1.87. The number of imidazole rings is 1. The molecule has 1 heterocycles. The molecular formula is C10H19N3S. The monoisotopic (exact) mass is 213 g/mol. The molecule has 1 aromatic rings. The second-order valence-electron chi connectivity index (χ2n) is 3.21. The largest absolute Gasteiger partial charge is 0.333 e. The van der Waals surface area contributed by atoms with Gasteiger partial charge in [-0.05, 0) is 19.2 Å². The molecule has 0 atom stereocenters. The predicted molar refractivity (Wildman–Crippen MR) is 62.6 cm³/mol. The molecule has 0 aromatic carbocycles. The molecule has 0 aliphatic rings. The van der Waals surface area contributed by atoms with Gasteiger partial charge in [-0.1, -0.05) is 6.92 Å². The van der Waals surface area contributed by atoms with E-state index in [1.165, 1.54) is 6.42 Å². The Bertz CT molecular complexity index is 247. The number of thioether (sulfide) groups is 1. The van der Waals surface area contributed by atoms with Crippen molar-refractivity contribution in [3.63, 3.8) is 0 Å². The minimum atomic E-state index is 0.884. The van der Waals surface area contributed by atoms with Gasteiger partial charge in [-0.15, -0.1) is 0 Å². The van der Waals surface area contributed by atoms with Crippen LogP contribution >= 0.6 is 11.8 Å². The quantitative estimate of drug-likeness (QED) is 0.700. The van der Waals surface area contributed by atoms with E-state index in [1.807, 2.05) is 18.0 Å². The number of hydrogen-bond donors (Lipinski definition) is 1. The highest BCUT2D eigenvalue weighted by molar-refractivity contribution is 7.98. The van der Waals surface area contributed by atoms with E-state index >= 15 is 0 Å². The van der Waals surface area contributed by atoms with Crippen molar-refractivity contribution in [1.82, 2.24) is 14.9 Å². The van der Waals surface area contributed by atoms with Gasteiger partial charge in [-0.2, -0.15) is 11.8 Å². The van der Waals surface area contributed by atoms with Crippen LogP contribution in [0.1, 0.15) is 19.2 Å². The first-order valence-corrected chi connectivity index (χ1v) is 6.47. The second kappa shape index (κ2) is 6.90. The van der Waals surface area contributed by atoms with E-state index in [4.69, 9.17) is 0 Å². The van der Waals surface area contributed by atoms with E-state index in [2.05, 4.69) is 34.2 Å². The van der Waals surface area contributed by atoms with Crippen LogP contribution in [0.25, 0.3) is 0 Å². The third-order valence-electron chi connectivity index (χ3n) is 2.05. The number of hydrogen-bond acceptors (Lipinski definition) is 3. The van der Waals surface area contributed by atoms with Crippen LogP contribution in [0.5, 0.6) is 0 Å². The van der Waals surface area contributed by atoms with Crippen molar-refractivity contribution < 1.29 is 0 Å². The van der Waals surface area contributed by atoms with Gasteiger partial charge in [-0.25, -0.2) is 4.98 Å².